The van der Waals surface area contributed by atoms with Crippen LogP contribution in [0.5, 0.6) is 11.5 Å². The van der Waals surface area contributed by atoms with E-state index < -0.39 is 5.25 Å². The molecular formula is C26H31N3O5S. The van der Waals surface area contributed by atoms with E-state index in [1.54, 1.807) is 30.2 Å². The number of carbonyl (C=O) groups excluding carboxylic acids is 2. The minimum absolute atomic E-state index is 0.0116. The van der Waals surface area contributed by atoms with Crippen molar-refractivity contribution >= 4 is 40.1 Å². The highest BCUT2D eigenvalue weighted by molar-refractivity contribution is 8.15. The third-order valence-corrected chi connectivity index (χ3v) is 7.30. The molecule has 9 heteroatoms. The molecule has 0 bridgehead atoms. The molecule has 2 fully saturated rings. The first kappa shape index (κ1) is 25.1. The molecule has 0 aromatic heterocycles. The fraction of sp³-hybridized carbons (Fsp3) is 0.423. The van der Waals surface area contributed by atoms with E-state index in [0.29, 0.717) is 35.5 Å². The summed E-state index contributed by atoms with van der Waals surface area (Å²) in [5, 5.41) is 2.90. The number of hydrogen-bond acceptors (Lipinski definition) is 7. The van der Waals surface area contributed by atoms with Gasteiger partial charge in [-0.25, -0.2) is 4.99 Å². The van der Waals surface area contributed by atoms with Crippen molar-refractivity contribution in [3.05, 3.63) is 47.5 Å². The van der Waals surface area contributed by atoms with E-state index in [0.717, 1.165) is 29.7 Å². The van der Waals surface area contributed by atoms with E-state index in [2.05, 4.69) is 5.32 Å². The first-order chi connectivity index (χ1) is 16.9. The lowest BCUT2D eigenvalue weighted by atomic mass is 10.1. The number of amidine groups is 1. The maximum absolute atomic E-state index is 13.4. The van der Waals surface area contributed by atoms with Crippen LogP contribution in [0.3, 0.4) is 0 Å². The lowest BCUT2D eigenvalue weighted by Gasteiger charge is -2.20. The number of aliphatic imine (C=N–C) groups is 1. The van der Waals surface area contributed by atoms with Gasteiger partial charge in [-0.2, -0.15) is 0 Å². The molecule has 1 N–H and O–H groups in total. The number of hydrogen-bond donors (Lipinski definition) is 1. The van der Waals surface area contributed by atoms with Crippen LogP contribution in [0.15, 0.2) is 41.4 Å². The van der Waals surface area contributed by atoms with E-state index >= 15 is 0 Å². The van der Waals surface area contributed by atoms with Gasteiger partial charge in [0.15, 0.2) is 5.17 Å². The van der Waals surface area contributed by atoms with Crippen molar-refractivity contribution in [2.24, 2.45) is 4.99 Å². The summed E-state index contributed by atoms with van der Waals surface area (Å²) in [4.78, 5) is 32.9. The number of anilines is 1. The molecule has 2 aliphatic heterocycles. The zero-order valence-corrected chi connectivity index (χ0v) is 21.3. The number of para-hydroxylation sites is 1. The zero-order chi connectivity index (χ0) is 24.9. The highest BCUT2D eigenvalue weighted by Crippen LogP contribution is 2.35. The number of aryl methyl sites for hydroxylation is 2. The van der Waals surface area contributed by atoms with E-state index in [1.165, 1.54) is 18.9 Å². The summed E-state index contributed by atoms with van der Waals surface area (Å²) >= 11 is 1.33. The number of methoxy groups -OCH3 is 2. The van der Waals surface area contributed by atoms with Gasteiger partial charge in [0.1, 0.15) is 16.7 Å². The molecule has 35 heavy (non-hydrogen) atoms. The Balaban J connectivity index is 1.55. The largest absolute Gasteiger partial charge is 0.497 e. The minimum atomic E-state index is -0.573. The van der Waals surface area contributed by atoms with Crippen molar-refractivity contribution < 1.29 is 23.8 Å². The highest BCUT2D eigenvalue weighted by Gasteiger charge is 2.41. The van der Waals surface area contributed by atoms with Crippen molar-refractivity contribution in [2.45, 2.75) is 44.5 Å². The first-order valence-electron chi connectivity index (χ1n) is 11.7. The van der Waals surface area contributed by atoms with Gasteiger partial charge < -0.3 is 19.5 Å². The Bertz CT molecular complexity index is 1110. The van der Waals surface area contributed by atoms with Gasteiger partial charge in [0, 0.05) is 19.1 Å². The summed E-state index contributed by atoms with van der Waals surface area (Å²) < 4.78 is 16.4. The highest BCUT2D eigenvalue weighted by atomic mass is 32.2. The van der Waals surface area contributed by atoms with Gasteiger partial charge in [0.05, 0.1) is 38.2 Å². The summed E-state index contributed by atoms with van der Waals surface area (Å²) in [5.41, 5.74) is 3.42. The molecule has 8 nitrogen and oxygen atoms in total. The second-order valence-corrected chi connectivity index (χ2v) is 9.81. The summed E-state index contributed by atoms with van der Waals surface area (Å²) in [5.74, 6) is 0.705. The van der Waals surface area contributed by atoms with Gasteiger partial charge in [-0.15, -0.1) is 0 Å². The molecule has 2 aliphatic rings. The number of nitrogens with one attached hydrogen (secondary N) is 1. The van der Waals surface area contributed by atoms with Crippen LogP contribution in [-0.4, -0.2) is 60.6 Å². The number of carbonyl (C=O) groups is 2. The second-order valence-electron chi connectivity index (χ2n) is 8.64. The fourth-order valence-electron chi connectivity index (χ4n) is 4.24. The Morgan fingerprint density at radius 1 is 1.20 bits per heavy atom. The number of benzene rings is 2. The van der Waals surface area contributed by atoms with E-state index in [4.69, 9.17) is 19.2 Å². The van der Waals surface area contributed by atoms with Gasteiger partial charge in [0.2, 0.25) is 11.8 Å². The number of nitrogens with zero attached hydrogens (tertiary/aromatic N) is 2. The topological polar surface area (TPSA) is 89.5 Å². The van der Waals surface area contributed by atoms with Crippen LogP contribution in [0.2, 0.25) is 0 Å². The summed E-state index contributed by atoms with van der Waals surface area (Å²) in [6.07, 6.45) is 1.89. The molecular weight excluding hydrogens is 466 g/mol. The maximum Gasteiger partial charge on any atom is 0.242 e. The van der Waals surface area contributed by atoms with Crippen LogP contribution < -0.4 is 14.8 Å². The quantitative estimate of drug-likeness (QED) is 0.579. The van der Waals surface area contributed by atoms with Crippen LogP contribution >= 0.6 is 11.8 Å². The summed E-state index contributed by atoms with van der Waals surface area (Å²) in [6.45, 7) is 5.16. The Hall–Kier alpha value is -3.04. The lowest BCUT2D eigenvalue weighted by Crippen LogP contribution is -2.38. The smallest absolute Gasteiger partial charge is 0.242 e. The lowest BCUT2D eigenvalue weighted by molar-refractivity contribution is -0.129. The van der Waals surface area contributed by atoms with Crippen molar-refractivity contribution in [1.82, 2.24) is 4.90 Å². The fourth-order valence-corrected chi connectivity index (χ4v) is 5.40. The number of ether oxygens (including phenoxy) is 3. The standard InChI is InChI=1S/C26H31N3O5S/c1-16-7-5-8-17(2)24(16)28-26-29(15-19-9-6-12-34-19)25(31)22(35-26)14-23(30)27-20-13-18(32-3)10-11-21(20)33-4/h5,7-8,10-11,13,19,22H,6,9,12,14-15H2,1-4H3,(H,27,30). The van der Waals surface area contributed by atoms with Crippen LogP contribution in [-0.2, 0) is 14.3 Å². The van der Waals surface area contributed by atoms with Crippen molar-refractivity contribution in [2.75, 3.05) is 32.7 Å². The molecule has 2 atom stereocenters. The average Bonchev–Trinajstić information content (AvgIpc) is 3.45. The van der Waals surface area contributed by atoms with Gasteiger partial charge in [-0.3, -0.25) is 14.5 Å². The Morgan fingerprint density at radius 3 is 2.63 bits per heavy atom. The molecule has 0 aliphatic carbocycles. The Kier molecular flexibility index (Phi) is 7.97. The normalized spacial score (nSPS) is 21.0. The maximum atomic E-state index is 13.4. The SMILES string of the molecule is COc1ccc(OC)c(NC(=O)CC2SC(=Nc3c(C)cccc3C)N(CC3CCCO3)C2=O)c1. The Labute approximate surface area is 210 Å². The van der Waals surface area contributed by atoms with Crippen molar-refractivity contribution in [3.8, 4) is 11.5 Å². The van der Waals surface area contributed by atoms with E-state index in [9.17, 15) is 9.59 Å². The monoisotopic (exact) mass is 497 g/mol. The van der Waals surface area contributed by atoms with Crippen LogP contribution in [0.4, 0.5) is 11.4 Å². The predicted molar refractivity (Wildman–Crippen MR) is 138 cm³/mol. The third kappa shape index (κ3) is 5.79. The van der Waals surface area contributed by atoms with Crippen LogP contribution in [0.25, 0.3) is 0 Å². The van der Waals surface area contributed by atoms with Crippen LogP contribution in [0, 0.1) is 13.8 Å². The van der Waals surface area contributed by atoms with Gasteiger partial charge >= 0.3 is 0 Å². The van der Waals surface area contributed by atoms with Crippen LogP contribution in [0.1, 0.15) is 30.4 Å². The molecule has 186 valence electrons. The number of amides is 2. The minimum Gasteiger partial charge on any atom is -0.497 e. The van der Waals surface area contributed by atoms with Gasteiger partial charge in [-0.05, 0) is 49.9 Å². The molecule has 2 saturated heterocycles. The molecule has 0 spiro atoms. The number of rotatable bonds is 8. The van der Waals surface area contributed by atoms with Crippen molar-refractivity contribution in [1.29, 1.82) is 0 Å². The molecule has 2 aromatic carbocycles. The predicted octanol–water partition coefficient (Wildman–Crippen LogP) is 4.46. The molecule has 2 aromatic rings. The van der Waals surface area contributed by atoms with Gasteiger partial charge in [-0.1, -0.05) is 30.0 Å². The Morgan fingerprint density at radius 2 is 1.97 bits per heavy atom. The zero-order valence-electron chi connectivity index (χ0n) is 20.5. The molecule has 2 heterocycles. The van der Waals surface area contributed by atoms with Gasteiger partial charge in [0.25, 0.3) is 0 Å². The summed E-state index contributed by atoms with van der Waals surface area (Å²) in [6, 6.07) is 11.2. The first-order valence-corrected chi connectivity index (χ1v) is 12.5. The summed E-state index contributed by atoms with van der Waals surface area (Å²) in [7, 11) is 3.09. The molecule has 4 rings (SSSR count). The van der Waals surface area contributed by atoms with E-state index in [1.807, 2.05) is 32.0 Å². The second kappa shape index (κ2) is 11.1. The van der Waals surface area contributed by atoms with Crippen molar-refractivity contribution in [3.63, 3.8) is 0 Å². The molecule has 2 unspecified atom stereocenters. The number of thioether (sulfide) groups is 1. The molecule has 0 saturated carbocycles. The average molecular weight is 498 g/mol. The molecule has 2 amide bonds. The third-order valence-electron chi connectivity index (χ3n) is 6.13. The molecule has 0 radical (unpaired) electrons. The van der Waals surface area contributed by atoms with E-state index in [-0.39, 0.29) is 24.3 Å².